The van der Waals surface area contributed by atoms with Crippen LogP contribution >= 0.6 is 0 Å². The van der Waals surface area contributed by atoms with Crippen molar-refractivity contribution in [3.63, 3.8) is 0 Å². The molecule has 1 aliphatic rings. The normalized spacial score (nSPS) is 16.8. The molecule has 0 bridgehead atoms. The van der Waals surface area contributed by atoms with E-state index >= 15 is 0 Å². The molecule has 0 saturated carbocycles. The van der Waals surface area contributed by atoms with E-state index in [0.717, 1.165) is 43.7 Å². The van der Waals surface area contributed by atoms with Gasteiger partial charge in [0.2, 0.25) is 0 Å². The topological polar surface area (TPSA) is 37.6 Å². The molecule has 2 heterocycles. The minimum Gasteiger partial charge on any atom is -0.294 e. The van der Waals surface area contributed by atoms with E-state index in [-0.39, 0.29) is 5.56 Å². The molecule has 0 N–H and O–H groups in total. The number of hydrogen-bond donors (Lipinski definition) is 0. The van der Waals surface area contributed by atoms with Gasteiger partial charge < -0.3 is 0 Å². The van der Waals surface area contributed by atoms with Crippen LogP contribution < -0.4 is 5.56 Å². The minimum absolute atomic E-state index is 0.00367. The molecule has 2 aromatic heterocycles. The molecule has 0 spiro atoms. The Morgan fingerprint density at radius 3 is 2.81 bits per heavy atom. The van der Waals surface area contributed by atoms with Gasteiger partial charge in [-0.1, -0.05) is 37.3 Å². The Kier molecular flexibility index (Phi) is 4.85. The number of nitrogens with zero attached hydrogens (tertiary/aromatic N) is 3. The lowest BCUT2D eigenvalue weighted by Crippen LogP contribution is -2.39. The highest BCUT2D eigenvalue weighted by molar-refractivity contribution is 5.38. The second-order valence-corrected chi connectivity index (χ2v) is 7.15. The van der Waals surface area contributed by atoms with Crippen LogP contribution in [-0.4, -0.2) is 26.9 Å². The standard InChI is InChI=1S/C22H25N3O/c1-2-12-24(20-11-10-17-7-3-4-8-18(17)14-20)16-19-15-22(26)25-13-6-5-9-21(25)23-19/h3-9,13,15,20H,2,10-12,14,16H2,1H3/t20-/m1/s1. The van der Waals surface area contributed by atoms with Gasteiger partial charge >= 0.3 is 0 Å². The van der Waals surface area contributed by atoms with E-state index in [2.05, 4.69) is 36.1 Å². The number of fused-ring (bicyclic) bond motifs is 2. The summed E-state index contributed by atoms with van der Waals surface area (Å²) in [4.78, 5) is 19.6. The van der Waals surface area contributed by atoms with Gasteiger partial charge in [-0.05, 0) is 55.5 Å². The second-order valence-electron chi connectivity index (χ2n) is 7.15. The van der Waals surface area contributed by atoms with Crippen molar-refractivity contribution in [2.45, 2.75) is 45.2 Å². The first-order valence-corrected chi connectivity index (χ1v) is 9.53. The molecule has 1 aliphatic carbocycles. The fraction of sp³-hybridized carbons (Fsp3) is 0.364. The Bertz CT molecular complexity index is 963. The summed E-state index contributed by atoms with van der Waals surface area (Å²) in [6.07, 6.45) is 6.27. The Labute approximate surface area is 154 Å². The van der Waals surface area contributed by atoms with Crippen LogP contribution in [0.2, 0.25) is 0 Å². The summed E-state index contributed by atoms with van der Waals surface area (Å²) in [5.74, 6) is 0. The molecule has 4 heteroatoms. The van der Waals surface area contributed by atoms with Crippen LogP contribution in [0.15, 0.2) is 59.5 Å². The van der Waals surface area contributed by atoms with E-state index in [1.165, 1.54) is 17.5 Å². The van der Waals surface area contributed by atoms with Gasteiger partial charge in [0.25, 0.3) is 5.56 Å². The van der Waals surface area contributed by atoms with Crippen molar-refractivity contribution in [2.75, 3.05) is 6.54 Å². The highest BCUT2D eigenvalue weighted by Gasteiger charge is 2.24. The van der Waals surface area contributed by atoms with Gasteiger partial charge in [-0.2, -0.15) is 0 Å². The summed E-state index contributed by atoms with van der Waals surface area (Å²) >= 11 is 0. The summed E-state index contributed by atoms with van der Waals surface area (Å²) in [5.41, 5.74) is 4.55. The minimum atomic E-state index is -0.00367. The van der Waals surface area contributed by atoms with Gasteiger partial charge in [0, 0.05) is 24.8 Å². The van der Waals surface area contributed by atoms with E-state index in [4.69, 9.17) is 4.98 Å². The molecule has 0 radical (unpaired) electrons. The zero-order valence-electron chi connectivity index (χ0n) is 15.3. The third-order valence-corrected chi connectivity index (χ3v) is 5.34. The number of aryl methyl sites for hydroxylation is 1. The molecular formula is C22H25N3O. The van der Waals surface area contributed by atoms with Crippen LogP contribution in [-0.2, 0) is 19.4 Å². The number of pyridine rings is 1. The molecule has 134 valence electrons. The fourth-order valence-corrected chi connectivity index (χ4v) is 4.06. The molecule has 0 amide bonds. The Morgan fingerprint density at radius 1 is 1.15 bits per heavy atom. The quantitative estimate of drug-likeness (QED) is 0.709. The molecule has 1 atom stereocenters. The van der Waals surface area contributed by atoms with Crippen molar-refractivity contribution in [3.8, 4) is 0 Å². The third-order valence-electron chi connectivity index (χ3n) is 5.34. The first-order valence-electron chi connectivity index (χ1n) is 9.53. The van der Waals surface area contributed by atoms with Gasteiger partial charge in [-0.3, -0.25) is 14.1 Å². The van der Waals surface area contributed by atoms with Crippen LogP contribution in [0.5, 0.6) is 0 Å². The van der Waals surface area contributed by atoms with Crippen molar-refractivity contribution in [1.82, 2.24) is 14.3 Å². The maximum absolute atomic E-state index is 12.4. The van der Waals surface area contributed by atoms with Crippen LogP contribution in [0.4, 0.5) is 0 Å². The first-order chi connectivity index (χ1) is 12.7. The average molecular weight is 347 g/mol. The predicted octanol–water partition coefficient (Wildman–Crippen LogP) is 3.46. The largest absolute Gasteiger partial charge is 0.294 e. The molecule has 0 saturated heterocycles. The molecular weight excluding hydrogens is 322 g/mol. The molecule has 4 rings (SSSR count). The summed E-state index contributed by atoms with van der Waals surface area (Å²) in [7, 11) is 0. The lowest BCUT2D eigenvalue weighted by atomic mass is 9.87. The molecule has 0 fully saturated rings. The predicted molar refractivity (Wildman–Crippen MR) is 104 cm³/mol. The Morgan fingerprint density at radius 2 is 1.96 bits per heavy atom. The Balaban J connectivity index is 1.59. The number of hydrogen-bond acceptors (Lipinski definition) is 3. The molecule has 0 unspecified atom stereocenters. The first kappa shape index (κ1) is 17.0. The smallest absolute Gasteiger partial charge is 0.258 e. The highest BCUT2D eigenvalue weighted by atomic mass is 16.1. The van der Waals surface area contributed by atoms with Gasteiger partial charge in [0.1, 0.15) is 5.65 Å². The molecule has 26 heavy (non-hydrogen) atoms. The number of rotatable bonds is 5. The molecule has 1 aromatic carbocycles. The number of aromatic nitrogens is 2. The van der Waals surface area contributed by atoms with Crippen LogP contribution in [0.1, 0.15) is 36.6 Å². The van der Waals surface area contributed by atoms with E-state index in [1.807, 2.05) is 18.2 Å². The summed E-state index contributed by atoms with van der Waals surface area (Å²) < 4.78 is 1.60. The van der Waals surface area contributed by atoms with E-state index in [1.54, 1.807) is 16.7 Å². The third kappa shape index (κ3) is 3.42. The zero-order valence-corrected chi connectivity index (χ0v) is 15.3. The number of benzene rings is 1. The average Bonchev–Trinajstić information content (AvgIpc) is 2.67. The highest BCUT2D eigenvalue weighted by Crippen LogP contribution is 2.25. The second kappa shape index (κ2) is 7.42. The van der Waals surface area contributed by atoms with Crippen LogP contribution in [0.3, 0.4) is 0 Å². The van der Waals surface area contributed by atoms with Gasteiger partial charge in [-0.15, -0.1) is 0 Å². The zero-order chi connectivity index (χ0) is 17.9. The van der Waals surface area contributed by atoms with Gasteiger partial charge in [-0.25, -0.2) is 4.98 Å². The molecule has 0 aliphatic heterocycles. The molecule has 4 nitrogen and oxygen atoms in total. The fourth-order valence-electron chi connectivity index (χ4n) is 4.06. The van der Waals surface area contributed by atoms with E-state index in [9.17, 15) is 4.79 Å². The summed E-state index contributed by atoms with van der Waals surface area (Å²) in [5, 5.41) is 0. The van der Waals surface area contributed by atoms with E-state index < -0.39 is 0 Å². The van der Waals surface area contributed by atoms with Gasteiger partial charge in [0.05, 0.1) is 5.69 Å². The van der Waals surface area contributed by atoms with Crippen molar-refractivity contribution in [3.05, 3.63) is 81.9 Å². The maximum atomic E-state index is 12.4. The van der Waals surface area contributed by atoms with Crippen molar-refractivity contribution < 1.29 is 0 Å². The molecule has 3 aromatic rings. The van der Waals surface area contributed by atoms with Crippen molar-refractivity contribution >= 4 is 5.65 Å². The van der Waals surface area contributed by atoms with E-state index in [0.29, 0.717) is 6.04 Å². The summed E-state index contributed by atoms with van der Waals surface area (Å²) in [6, 6.07) is 16.7. The monoisotopic (exact) mass is 347 g/mol. The van der Waals surface area contributed by atoms with Crippen LogP contribution in [0, 0.1) is 0 Å². The van der Waals surface area contributed by atoms with Gasteiger partial charge in [0.15, 0.2) is 0 Å². The Hall–Kier alpha value is -2.46. The summed E-state index contributed by atoms with van der Waals surface area (Å²) in [6.45, 7) is 3.98. The maximum Gasteiger partial charge on any atom is 0.258 e. The van der Waals surface area contributed by atoms with Crippen molar-refractivity contribution in [1.29, 1.82) is 0 Å². The van der Waals surface area contributed by atoms with Crippen molar-refractivity contribution in [2.24, 2.45) is 0 Å². The lowest BCUT2D eigenvalue weighted by Gasteiger charge is -2.35. The van der Waals surface area contributed by atoms with Crippen LogP contribution in [0.25, 0.3) is 5.65 Å². The lowest BCUT2D eigenvalue weighted by molar-refractivity contribution is 0.169. The SMILES string of the molecule is CCCN(Cc1cc(=O)n2ccccc2n1)[C@@H]1CCc2ccccc2C1.